The van der Waals surface area contributed by atoms with Crippen molar-refractivity contribution in [2.24, 2.45) is 0 Å². The first-order valence-corrected chi connectivity index (χ1v) is 12.9. The first-order valence-electron chi connectivity index (χ1n) is 12.1. The molecule has 2 aromatic heterocycles. The first-order chi connectivity index (χ1) is 16.6. The number of amides is 1. The molecule has 186 valence electrons. The van der Waals surface area contributed by atoms with Gasteiger partial charge in [0.15, 0.2) is 0 Å². The molecule has 3 heterocycles. The van der Waals surface area contributed by atoms with Crippen LogP contribution in [0.2, 0.25) is 0 Å². The fourth-order valence-corrected chi connectivity index (χ4v) is 5.40. The van der Waals surface area contributed by atoms with Crippen molar-refractivity contribution in [3.05, 3.63) is 75.6 Å². The minimum Gasteiger partial charge on any atom is -0.485 e. The van der Waals surface area contributed by atoms with E-state index in [9.17, 15) is 4.79 Å². The van der Waals surface area contributed by atoms with Crippen molar-refractivity contribution in [1.82, 2.24) is 15.2 Å². The van der Waals surface area contributed by atoms with E-state index in [-0.39, 0.29) is 25.5 Å². The molecular weight excluding hydrogens is 476 g/mol. The Labute approximate surface area is 218 Å². The van der Waals surface area contributed by atoms with Gasteiger partial charge in [-0.05, 0) is 79.2 Å². The number of benzene rings is 1. The second kappa shape index (κ2) is 11.5. The number of hydrogen-bond acceptors (Lipinski definition) is 6. The van der Waals surface area contributed by atoms with Gasteiger partial charge in [-0.3, -0.25) is 4.79 Å². The second-order valence-electron chi connectivity index (χ2n) is 9.17. The highest BCUT2D eigenvalue weighted by Crippen LogP contribution is 2.44. The standard InChI is InChI=1S/C27H32N4O2S.H2S/c1-28-13-11-24(25-6-4-16-34-25)33-21-10-9-20(23(17-21)19-7-8-19)18-31-15-14-30(2)26-22(27(31)32)5-3-12-29-26;/h3-6,9-10,12,16-17,19,24,28H,7-8,11,13-15,18H2,1-2H3;1H2/t24-;/m0./s1. The summed E-state index contributed by atoms with van der Waals surface area (Å²) in [7, 11) is 3.98. The second-order valence-corrected chi connectivity index (χ2v) is 10.2. The van der Waals surface area contributed by atoms with Crippen molar-refractivity contribution in [3.8, 4) is 5.75 Å². The van der Waals surface area contributed by atoms with Gasteiger partial charge in [0.25, 0.3) is 5.91 Å². The Morgan fingerprint density at radius 2 is 2.06 bits per heavy atom. The zero-order valence-corrected chi connectivity index (χ0v) is 22.2. The van der Waals surface area contributed by atoms with E-state index >= 15 is 0 Å². The van der Waals surface area contributed by atoms with Crippen LogP contribution < -0.4 is 15.0 Å². The summed E-state index contributed by atoms with van der Waals surface area (Å²) in [5.74, 6) is 2.30. The molecule has 35 heavy (non-hydrogen) atoms. The molecule has 5 rings (SSSR count). The van der Waals surface area contributed by atoms with Crippen LogP contribution in [-0.4, -0.2) is 49.5 Å². The van der Waals surface area contributed by atoms with Crippen LogP contribution in [0.1, 0.15) is 57.6 Å². The minimum atomic E-state index is 0. The average Bonchev–Trinajstić information content (AvgIpc) is 3.59. The van der Waals surface area contributed by atoms with Gasteiger partial charge < -0.3 is 19.9 Å². The van der Waals surface area contributed by atoms with Gasteiger partial charge in [0.05, 0.1) is 5.56 Å². The van der Waals surface area contributed by atoms with E-state index in [2.05, 4.69) is 50.9 Å². The van der Waals surface area contributed by atoms with E-state index in [0.29, 0.717) is 24.6 Å². The number of likely N-dealkylation sites (N-methyl/N-ethyl adjacent to an activating group) is 1. The van der Waals surface area contributed by atoms with Crippen molar-refractivity contribution >= 4 is 36.6 Å². The molecule has 2 aliphatic rings. The van der Waals surface area contributed by atoms with E-state index in [1.54, 1.807) is 17.5 Å². The Balaban J connectivity index is 0.00000289. The molecular formula is C27H34N4O2S2. The number of nitrogens with one attached hydrogen (secondary N) is 1. The zero-order valence-electron chi connectivity index (χ0n) is 20.4. The number of ether oxygens (including phenoxy) is 1. The first kappa shape index (κ1) is 25.5. The Hall–Kier alpha value is -2.55. The fraction of sp³-hybridized carbons (Fsp3) is 0.407. The van der Waals surface area contributed by atoms with Crippen LogP contribution in [0.3, 0.4) is 0 Å². The van der Waals surface area contributed by atoms with Crippen LogP contribution in [0.5, 0.6) is 5.75 Å². The SMILES string of the molecule is CNCC[C@H](Oc1ccc(CN2CCN(C)c3ncccc3C2=O)c(C2CC2)c1)c1cccs1.S. The van der Waals surface area contributed by atoms with E-state index in [4.69, 9.17) is 4.74 Å². The minimum absolute atomic E-state index is 0. The van der Waals surface area contributed by atoms with Crippen LogP contribution >= 0.6 is 24.8 Å². The quantitative estimate of drug-likeness (QED) is 0.441. The van der Waals surface area contributed by atoms with Crippen molar-refractivity contribution in [1.29, 1.82) is 0 Å². The van der Waals surface area contributed by atoms with E-state index in [1.165, 1.54) is 28.8 Å². The third kappa shape index (κ3) is 5.82. The molecule has 0 bridgehead atoms. The number of carbonyl (C=O) groups excluding carboxylic acids is 1. The van der Waals surface area contributed by atoms with E-state index < -0.39 is 0 Å². The molecule has 1 aliphatic heterocycles. The Morgan fingerprint density at radius 3 is 2.80 bits per heavy atom. The highest BCUT2D eigenvalue weighted by atomic mass is 32.1. The van der Waals surface area contributed by atoms with Crippen molar-refractivity contribution in [2.75, 3.05) is 38.6 Å². The van der Waals surface area contributed by atoms with Gasteiger partial charge in [0.2, 0.25) is 0 Å². The number of thiophene rings is 1. The van der Waals surface area contributed by atoms with Gasteiger partial charge in [-0.1, -0.05) is 12.1 Å². The molecule has 0 spiro atoms. The van der Waals surface area contributed by atoms with Gasteiger partial charge in [-0.2, -0.15) is 13.5 Å². The van der Waals surface area contributed by atoms with Gasteiger partial charge in [0, 0.05) is 44.2 Å². The van der Waals surface area contributed by atoms with E-state index in [0.717, 1.165) is 31.1 Å². The number of aromatic nitrogens is 1. The predicted octanol–water partition coefficient (Wildman–Crippen LogP) is 4.96. The number of anilines is 1. The maximum Gasteiger partial charge on any atom is 0.257 e. The number of carbonyl (C=O) groups is 1. The Morgan fingerprint density at radius 1 is 1.20 bits per heavy atom. The molecule has 1 aromatic carbocycles. The number of fused-ring (bicyclic) bond motifs is 1. The number of pyridine rings is 1. The van der Waals surface area contributed by atoms with Gasteiger partial charge in [0.1, 0.15) is 17.7 Å². The fourth-order valence-electron chi connectivity index (χ4n) is 4.61. The Bertz CT molecular complexity index is 1130. The largest absolute Gasteiger partial charge is 0.485 e. The monoisotopic (exact) mass is 510 g/mol. The molecule has 0 saturated heterocycles. The molecule has 0 radical (unpaired) electrons. The number of hydrogen-bond donors (Lipinski definition) is 1. The molecule has 3 aromatic rings. The summed E-state index contributed by atoms with van der Waals surface area (Å²) < 4.78 is 6.50. The number of nitrogens with zero attached hydrogens (tertiary/aromatic N) is 3. The maximum atomic E-state index is 13.4. The lowest BCUT2D eigenvalue weighted by molar-refractivity contribution is 0.0754. The molecule has 6 nitrogen and oxygen atoms in total. The summed E-state index contributed by atoms with van der Waals surface area (Å²) in [6, 6.07) is 14.4. The van der Waals surface area contributed by atoms with Crippen LogP contribution in [-0.2, 0) is 6.54 Å². The molecule has 1 fully saturated rings. The van der Waals surface area contributed by atoms with Crippen LogP contribution in [0, 0.1) is 0 Å². The van der Waals surface area contributed by atoms with E-state index in [1.807, 2.05) is 31.1 Å². The van der Waals surface area contributed by atoms with Crippen LogP contribution in [0.15, 0.2) is 54.0 Å². The average molecular weight is 511 g/mol. The summed E-state index contributed by atoms with van der Waals surface area (Å²) in [4.78, 5) is 23.1. The molecule has 1 N–H and O–H groups in total. The third-order valence-electron chi connectivity index (χ3n) is 6.66. The molecule has 1 aliphatic carbocycles. The van der Waals surface area contributed by atoms with Crippen molar-refractivity contribution in [2.45, 2.75) is 37.8 Å². The smallest absolute Gasteiger partial charge is 0.257 e. The molecule has 8 heteroatoms. The molecule has 1 atom stereocenters. The lowest BCUT2D eigenvalue weighted by atomic mass is 10.0. The van der Waals surface area contributed by atoms with Gasteiger partial charge >= 0.3 is 0 Å². The van der Waals surface area contributed by atoms with Crippen molar-refractivity contribution in [3.63, 3.8) is 0 Å². The molecule has 1 saturated carbocycles. The summed E-state index contributed by atoms with van der Waals surface area (Å²) in [5, 5.41) is 5.34. The molecule has 0 unspecified atom stereocenters. The third-order valence-corrected chi connectivity index (χ3v) is 7.63. The van der Waals surface area contributed by atoms with Crippen LogP contribution in [0.4, 0.5) is 5.82 Å². The van der Waals surface area contributed by atoms with Gasteiger partial charge in [-0.25, -0.2) is 4.98 Å². The summed E-state index contributed by atoms with van der Waals surface area (Å²) in [5.41, 5.74) is 3.23. The Kier molecular flexibility index (Phi) is 8.36. The van der Waals surface area contributed by atoms with Crippen LogP contribution in [0.25, 0.3) is 0 Å². The number of rotatable bonds is 9. The van der Waals surface area contributed by atoms with Gasteiger partial charge in [-0.15, -0.1) is 11.3 Å². The summed E-state index contributed by atoms with van der Waals surface area (Å²) >= 11 is 1.74. The topological polar surface area (TPSA) is 57.7 Å². The highest BCUT2D eigenvalue weighted by molar-refractivity contribution is 7.59. The zero-order chi connectivity index (χ0) is 23.5. The normalized spacial score (nSPS) is 16.3. The predicted molar refractivity (Wildman–Crippen MR) is 147 cm³/mol. The maximum absolute atomic E-state index is 13.4. The lowest BCUT2D eigenvalue weighted by Crippen LogP contribution is -2.33. The molecule has 1 amide bonds. The highest BCUT2D eigenvalue weighted by Gasteiger charge is 2.30. The van der Waals surface area contributed by atoms with Crippen molar-refractivity contribution < 1.29 is 9.53 Å². The summed E-state index contributed by atoms with van der Waals surface area (Å²) in [6.45, 7) is 2.96. The summed E-state index contributed by atoms with van der Waals surface area (Å²) in [6.07, 6.45) is 5.11. The lowest BCUT2D eigenvalue weighted by Gasteiger charge is -2.24.